The molecule has 118 valence electrons. The van der Waals surface area contributed by atoms with Crippen molar-refractivity contribution < 1.29 is 9.50 Å². The lowest BCUT2D eigenvalue weighted by Gasteiger charge is -2.16. The third kappa shape index (κ3) is 2.58. The van der Waals surface area contributed by atoms with Crippen molar-refractivity contribution in [3.05, 3.63) is 54.2 Å². The molecule has 3 aromatic rings. The van der Waals surface area contributed by atoms with Gasteiger partial charge in [0.25, 0.3) is 0 Å². The monoisotopic (exact) mass is 313 g/mol. The van der Waals surface area contributed by atoms with E-state index in [0.717, 1.165) is 5.56 Å². The summed E-state index contributed by atoms with van der Waals surface area (Å²) in [6.07, 6.45) is 4.53. The molecule has 6 nitrogen and oxygen atoms in total. The fraction of sp³-hybridized carbons (Fsp3) is 0.312. The lowest BCUT2D eigenvalue weighted by Crippen LogP contribution is -2.22. The standard InChI is InChI=1S/C16H16FN5O/c17-13-4-3-11(16-12(13)2-1-5-18-16)8-21-9-14(15(23)10-21)22-7-6-19-20-22/h1-7,14-15,23H,8-10H2/t14-,15-/m1/s1. The van der Waals surface area contributed by atoms with Crippen LogP contribution in [0.1, 0.15) is 11.6 Å². The summed E-state index contributed by atoms with van der Waals surface area (Å²) in [5, 5.41) is 18.5. The Bertz CT molecular complexity index is 822. The van der Waals surface area contributed by atoms with E-state index in [2.05, 4.69) is 20.2 Å². The van der Waals surface area contributed by atoms with Crippen LogP contribution in [-0.4, -0.2) is 49.2 Å². The summed E-state index contributed by atoms with van der Waals surface area (Å²) in [6, 6.07) is 6.59. The van der Waals surface area contributed by atoms with Gasteiger partial charge in [0.15, 0.2) is 0 Å². The molecule has 3 heterocycles. The van der Waals surface area contributed by atoms with E-state index >= 15 is 0 Å². The van der Waals surface area contributed by atoms with Crippen molar-refractivity contribution in [2.24, 2.45) is 0 Å². The molecular formula is C16H16FN5O. The van der Waals surface area contributed by atoms with Gasteiger partial charge in [-0.3, -0.25) is 9.88 Å². The predicted molar refractivity (Wildman–Crippen MR) is 82.0 cm³/mol. The van der Waals surface area contributed by atoms with Crippen LogP contribution >= 0.6 is 0 Å². The molecule has 2 atom stereocenters. The number of likely N-dealkylation sites (tertiary alicyclic amines) is 1. The van der Waals surface area contributed by atoms with Gasteiger partial charge in [0.2, 0.25) is 0 Å². The number of hydrogen-bond donors (Lipinski definition) is 1. The van der Waals surface area contributed by atoms with Crippen LogP contribution in [0.15, 0.2) is 42.9 Å². The van der Waals surface area contributed by atoms with Gasteiger partial charge in [-0.1, -0.05) is 11.3 Å². The van der Waals surface area contributed by atoms with Crippen LogP contribution in [0, 0.1) is 5.82 Å². The van der Waals surface area contributed by atoms with Gasteiger partial charge in [-0.15, -0.1) is 5.10 Å². The van der Waals surface area contributed by atoms with E-state index in [4.69, 9.17) is 0 Å². The minimum atomic E-state index is -0.503. The second kappa shape index (κ2) is 5.68. The third-order valence-electron chi connectivity index (χ3n) is 4.31. The first kappa shape index (κ1) is 14.2. The Morgan fingerprint density at radius 3 is 2.96 bits per heavy atom. The predicted octanol–water partition coefficient (Wildman–Crippen LogP) is 1.38. The Labute approximate surface area is 132 Å². The van der Waals surface area contributed by atoms with Gasteiger partial charge >= 0.3 is 0 Å². The Kier molecular flexibility index (Phi) is 3.51. The van der Waals surface area contributed by atoms with Gasteiger partial charge in [-0.25, -0.2) is 9.07 Å². The van der Waals surface area contributed by atoms with E-state index in [-0.39, 0.29) is 11.9 Å². The van der Waals surface area contributed by atoms with Crippen molar-refractivity contribution >= 4 is 10.9 Å². The number of fused-ring (bicyclic) bond motifs is 1. The van der Waals surface area contributed by atoms with Crippen LogP contribution < -0.4 is 0 Å². The molecule has 0 saturated carbocycles. The van der Waals surface area contributed by atoms with Gasteiger partial charge in [-0.05, 0) is 23.8 Å². The number of rotatable bonds is 3. The van der Waals surface area contributed by atoms with Crippen molar-refractivity contribution in [3.8, 4) is 0 Å². The van der Waals surface area contributed by atoms with Gasteiger partial charge in [0.1, 0.15) is 5.82 Å². The molecule has 1 aliphatic rings. The fourth-order valence-electron chi connectivity index (χ4n) is 3.20. The van der Waals surface area contributed by atoms with E-state index in [1.807, 2.05) is 0 Å². The lowest BCUT2D eigenvalue weighted by molar-refractivity contribution is 0.138. The normalized spacial score (nSPS) is 22.0. The number of benzene rings is 1. The third-order valence-corrected chi connectivity index (χ3v) is 4.31. The number of β-amino-alcohol motifs (C(OH)–C–C–N with tert-alkyl or cyclic N) is 1. The topological polar surface area (TPSA) is 67.1 Å². The van der Waals surface area contributed by atoms with Crippen molar-refractivity contribution in [1.82, 2.24) is 24.9 Å². The summed E-state index contributed by atoms with van der Waals surface area (Å²) < 4.78 is 15.6. The average molecular weight is 313 g/mol. The van der Waals surface area contributed by atoms with Crippen molar-refractivity contribution in [3.63, 3.8) is 0 Å². The molecule has 1 fully saturated rings. The number of pyridine rings is 1. The molecule has 0 radical (unpaired) electrons. The molecule has 23 heavy (non-hydrogen) atoms. The number of aliphatic hydroxyl groups excluding tert-OH is 1. The van der Waals surface area contributed by atoms with Crippen LogP contribution in [0.5, 0.6) is 0 Å². The summed E-state index contributed by atoms with van der Waals surface area (Å²) in [4.78, 5) is 6.44. The molecule has 1 saturated heterocycles. The highest BCUT2D eigenvalue weighted by Gasteiger charge is 2.33. The van der Waals surface area contributed by atoms with Gasteiger partial charge in [0.05, 0.1) is 23.9 Å². The van der Waals surface area contributed by atoms with Crippen molar-refractivity contribution in [1.29, 1.82) is 0 Å². The minimum absolute atomic E-state index is 0.114. The second-order valence-corrected chi connectivity index (χ2v) is 5.82. The van der Waals surface area contributed by atoms with Crippen LogP contribution in [0.2, 0.25) is 0 Å². The van der Waals surface area contributed by atoms with Gasteiger partial charge in [0, 0.05) is 37.4 Å². The molecule has 0 aliphatic carbocycles. The fourth-order valence-corrected chi connectivity index (χ4v) is 3.20. The zero-order valence-corrected chi connectivity index (χ0v) is 12.4. The summed E-state index contributed by atoms with van der Waals surface area (Å²) in [5.41, 5.74) is 1.62. The number of hydrogen-bond acceptors (Lipinski definition) is 5. The molecule has 0 spiro atoms. The summed E-state index contributed by atoms with van der Waals surface area (Å²) in [5.74, 6) is -0.265. The highest BCUT2D eigenvalue weighted by Crippen LogP contribution is 2.26. The first-order chi connectivity index (χ1) is 11.2. The number of aliphatic hydroxyl groups is 1. The molecular weight excluding hydrogens is 297 g/mol. The highest BCUT2D eigenvalue weighted by atomic mass is 19.1. The quantitative estimate of drug-likeness (QED) is 0.791. The molecule has 2 aromatic heterocycles. The molecule has 1 aliphatic heterocycles. The number of nitrogens with zero attached hydrogens (tertiary/aromatic N) is 5. The Morgan fingerprint density at radius 1 is 1.22 bits per heavy atom. The molecule has 1 aromatic carbocycles. The SMILES string of the molecule is O[C@@H]1CN(Cc2ccc(F)c3cccnc23)C[C@H]1n1ccnn1. The molecule has 1 N–H and O–H groups in total. The molecule has 0 amide bonds. The average Bonchev–Trinajstić information content (AvgIpc) is 3.20. The van der Waals surface area contributed by atoms with Gasteiger partial charge in [-0.2, -0.15) is 0 Å². The van der Waals surface area contributed by atoms with E-state index in [9.17, 15) is 9.50 Å². The zero-order chi connectivity index (χ0) is 15.8. The smallest absolute Gasteiger partial charge is 0.132 e. The molecule has 0 unspecified atom stereocenters. The van der Waals surface area contributed by atoms with Gasteiger partial charge < -0.3 is 5.11 Å². The lowest BCUT2D eigenvalue weighted by atomic mass is 10.1. The maximum absolute atomic E-state index is 13.9. The zero-order valence-electron chi connectivity index (χ0n) is 12.4. The van der Waals surface area contributed by atoms with Crippen LogP contribution in [0.4, 0.5) is 4.39 Å². The summed E-state index contributed by atoms with van der Waals surface area (Å²) in [6.45, 7) is 1.81. The Morgan fingerprint density at radius 2 is 2.13 bits per heavy atom. The number of aromatic nitrogens is 4. The summed E-state index contributed by atoms with van der Waals surface area (Å²) >= 11 is 0. The first-order valence-corrected chi connectivity index (χ1v) is 7.51. The molecule has 4 rings (SSSR count). The van der Waals surface area contributed by atoms with E-state index < -0.39 is 6.10 Å². The molecule has 0 bridgehead atoms. The van der Waals surface area contributed by atoms with Crippen molar-refractivity contribution in [2.45, 2.75) is 18.7 Å². The van der Waals surface area contributed by atoms with E-state index in [1.54, 1.807) is 41.5 Å². The van der Waals surface area contributed by atoms with Crippen molar-refractivity contribution in [2.75, 3.05) is 13.1 Å². The summed E-state index contributed by atoms with van der Waals surface area (Å²) in [7, 11) is 0. The largest absolute Gasteiger partial charge is 0.390 e. The minimum Gasteiger partial charge on any atom is -0.390 e. The Balaban J connectivity index is 1.59. The van der Waals surface area contributed by atoms with E-state index in [0.29, 0.717) is 30.5 Å². The maximum atomic E-state index is 13.9. The van der Waals surface area contributed by atoms with Crippen LogP contribution in [0.25, 0.3) is 10.9 Å². The molecule has 7 heteroatoms. The van der Waals surface area contributed by atoms with Crippen LogP contribution in [0.3, 0.4) is 0 Å². The van der Waals surface area contributed by atoms with Crippen LogP contribution in [-0.2, 0) is 6.54 Å². The first-order valence-electron chi connectivity index (χ1n) is 7.51. The highest BCUT2D eigenvalue weighted by molar-refractivity contribution is 5.82. The van der Waals surface area contributed by atoms with E-state index in [1.165, 1.54) is 6.07 Å². The maximum Gasteiger partial charge on any atom is 0.132 e. The Hall–Kier alpha value is -2.38. The second-order valence-electron chi connectivity index (χ2n) is 5.82. The number of halogens is 1.